The number of carbonyl (C=O) groups excluding carboxylic acids is 2. The molecule has 8 atom stereocenters. The van der Waals surface area contributed by atoms with Crippen molar-refractivity contribution < 1.29 is 38.9 Å². The number of fused-ring (bicyclic) bond motifs is 5. The van der Waals surface area contributed by atoms with Gasteiger partial charge in [-0.15, -0.1) is 0 Å². The topological polar surface area (TPSA) is 130 Å². The van der Waals surface area contributed by atoms with E-state index in [9.17, 15) is 19.2 Å². The Morgan fingerprint density at radius 1 is 0.911 bits per heavy atom. The van der Waals surface area contributed by atoms with E-state index in [2.05, 4.69) is 75.2 Å². The van der Waals surface area contributed by atoms with E-state index in [4.69, 9.17) is 31.3 Å². The van der Waals surface area contributed by atoms with E-state index in [0.717, 1.165) is 68.6 Å². The van der Waals surface area contributed by atoms with E-state index >= 15 is 0 Å². The van der Waals surface area contributed by atoms with Crippen LogP contribution in [0.2, 0.25) is 5.02 Å². The second kappa shape index (κ2) is 18.6. The van der Waals surface area contributed by atoms with Crippen LogP contribution in [0.5, 0.6) is 0 Å². The van der Waals surface area contributed by atoms with Crippen LogP contribution in [-0.2, 0) is 34.3 Å². The first-order chi connectivity index (χ1) is 26.6. The highest BCUT2D eigenvalue weighted by atomic mass is 35.5. The quantitative estimate of drug-likeness (QED) is 0.145. The highest BCUT2D eigenvalue weighted by molar-refractivity contribution is 6.30. The van der Waals surface area contributed by atoms with Crippen molar-refractivity contribution >= 4 is 35.3 Å². The summed E-state index contributed by atoms with van der Waals surface area (Å²) in [5, 5.41) is 16.4. The summed E-state index contributed by atoms with van der Waals surface area (Å²) >= 11 is 6.07. The Morgan fingerprint density at radius 3 is 2.14 bits per heavy atom. The molecule has 2 N–H and O–H groups in total. The number of halogens is 1. The molecule has 4 fully saturated rings. The first kappa shape index (κ1) is 43.3. The standard InChI is InChI=1S/C21H26ClNO.C21H30O3.C4H4O4/c1-21(17-7-4-3-5-8-17,18-10-12-19(22)13-11-18)24-16-14-20-9-6-15-23(20)2;1-13(22)24-15-8-10-20(2)14(12-15)4-5-16-17-6-7-19(23)21(17,3)11-9-18(16)20;5-3(6)1-2-4(7)8/h3-5,7-8,10-13,20H,6,9,14-16H2,1-2H3;4,15-18H,5-12H2,1-3H3;1-2H,(H,5,6)(H,7,8). The Balaban J connectivity index is 0.000000180. The monoisotopic (exact) mass is 789 g/mol. The summed E-state index contributed by atoms with van der Waals surface area (Å²) in [5.74, 6) is -0.182. The third kappa shape index (κ3) is 10.0. The minimum absolute atomic E-state index is 0.0438. The largest absolute Gasteiger partial charge is 0.478 e. The van der Waals surface area contributed by atoms with Crippen LogP contribution < -0.4 is 0 Å². The molecular weight excluding hydrogens is 730 g/mol. The van der Waals surface area contributed by atoms with Gasteiger partial charge in [0, 0.05) is 55.0 Å². The van der Waals surface area contributed by atoms with Crippen LogP contribution in [0.25, 0.3) is 0 Å². The Labute approximate surface area is 337 Å². The lowest BCUT2D eigenvalue weighted by atomic mass is 9.48. The van der Waals surface area contributed by atoms with Crippen molar-refractivity contribution in [3.63, 3.8) is 0 Å². The molecule has 1 heterocycles. The lowest BCUT2D eigenvalue weighted by Crippen LogP contribution is -2.50. The van der Waals surface area contributed by atoms with Gasteiger partial charge in [-0.1, -0.05) is 79.6 Å². The summed E-state index contributed by atoms with van der Waals surface area (Å²) in [6.45, 7) is 10.3. The van der Waals surface area contributed by atoms with Gasteiger partial charge in [0.05, 0.1) is 0 Å². The molecule has 56 heavy (non-hydrogen) atoms. The molecule has 0 radical (unpaired) electrons. The number of hydrogen-bond donors (Lipinski definition) is 2. The molecule has 10 heteroatoms. The van der Waals surface area contributed by atoms with Crippen LogP contribution >= 0.6 is 11.6 Å². The summed E-state index contributed by atoms with van der Waals surface area (Å²) in [6.07, 6.45) is 15.6. The zero-order chi connectivity index (χ0) is 40.7. The maximum absolute atomic E-state index is 12.4. The Bertz CT molecular complexity index is 1740. The predicted molar refractivity (Wildman–Crippen MR) is 217 cm³/mol. The van der Waals surface area contributed by atoms with Gasteiger partial charge in [-0.05, 0) is 125 Å². The number of Topliss-reactive ketones (excluding diaryl/α,β-unsaturated/α-hetero) is 1. The minimum Gasteiger partial charge on any atom is -0.478 e. The van der Waals surface area contributed by atoms with Crippen molar-refractivity contribution in [2.45, 2.75) is 116 Å². The van der Waals surface area contributed by atoms with Gasteiger partial charge in [-0.3, -0.25) is 9.59 Å². The zero-order valence-corrected chi connectivity index (χ0v) is 34.4. The van der Waals surface area contributed by atoms with Gasteiger partial charge < -0.3 is 24.6 Å². The highest BCUT2D eigenvalue weighted by Gasteiger charge is 2.58. The summed E-state index contributed by atoms with van der Waals surface area (Å²) in [7, 11) is 2.22. The molecule has 1 saturated heterocycles. The molecule has 4 aliphatic carbocycles. The summed E-state index contributed by atoms with van der Waals surface area (Å²) in [5.41, 5.74) is 3.59. The van der Waals surface area contributed by atoms with Gasteiger partial charge in [0.2, 0.25) is 0 Å². The molecule has 7 rings (SSSR count). The number of ketones is 1. The van der Waals surface area contributed by atoms with Gasteiger partial charge in [-0.25, -0.2) is 9.59 Å². The van der Waals surface area contributed by atoms with Crippen LogP contribution in [0.1, 0.15) is 109 Å². The van der Waals surface area contributed by atoms with Crippen LogP contribution in [0.15, 0.2) is 78.4 Å². The van der Waals surface area contributed by atoms with Crippen molar-refractivity contribution in [3.8, 4) is 0 Å². The lowest BCUT2D eigenvalue weighted by Gasteiger charge is -2.56. The normalized spacial score (nSPS) is 30.6. The molecule has 2 aromatic carbocycles. The number of carboxylic acid groups (broad SMARTS) is 2. The predicted octanol–water partition coefficient (Wildman–Crippen LogP) is 9.27. The molecule has 0 spiro atoms. The summed E-state index contributed by atoms with van der Waals surface area (Å²) in [6, 6.07) is 19.1. The summed E-state index contributed by atoms with van der Waals surface area (Å²) in [4.78, 5) is 45.3. The fourth-order valence-electron chi connectivity index (χ4n) is 10.5. The SMILES string of the molecule is CC(=O)OC1CCC2(C)C(=CCC3C4CCC(=O)C4(C)CCC32)C1.CN1CCCC1CCOC(C)(c1ccccc1)c1ccc(Cl)cc1.O=C(O)C=CC(=O)O. The number of hydrogen-bond acceptors (Lipinski definition) is 7. The molecular formula is C46H60ClNO8. The molecule has 8 unspecified atom stereocenters. The molecule has 3 saturated carbocycles. The third-order valence-corrected chi connectivity index (χ3v) is 14.0. The van der Waals surface area contributed by atoms with Crippen LogP contribution in [0.3, 0.4) is 0 Å². The molecule has 2 aromatic rings. The van der Waals surface area contributed by atoms with Crippen molar-refractivity contribution in [2.75, 3.05) is 20.2 Å². The number of aliphatic carboxylic acids is 2. The van der Waals surface area contributed by atoms with Crippen molar-refractivity contribution in [1.29, 1.82) is 0 Å². The number of nitrogens with zero attached hydrogens (tertiary/aromatic N) is 1. The number of carboxylic acids is 2. The number of ether oxygens (including phenoxy) is 2. The third-order valence-electron chi connectivity index (χ3n) is 13.7. The van der Waals surface area contributed by atoms with Crippen molar-refractivity contribution in [3.05, 3.63) is 94.5 Å². The van der Waals surface area contributed by atoms with Gasteiger partial charge in [0.25, 0.3) is 0 Å². The van der Waals surface area contributed by atoms with E-state index in [-0.39, 0.29) is 22.9 Å². The van der Waals surface area contributed by atoms with Crippen molar-refractivity contribution in [2.24, 2.45) is 28.6 Å². The number of likely N-dealkylation sites (tertiary alicyclic amines) is 1. The molecule has 0 aromatic heterocycles. The number of carbonyl (C=O) groups is 4. The average Bonchev–Trinajstić information content (AvgIpc) is 3.72. The first-order valence-corrected chi connectivity index (χ1v) is 20.6. The van der Waals surface area contributed by atoms with Crippen LogP contribution in [0.4, 0.5) is 0 Å². The van der Waals surface area contributed by atoms with Gasteiger partial charge >= 0.3 is 17.9 Å². The average molecular weight is 790 g/mol. The highest BCUT2D eigenvalue weighted by Crippen LogP contribution is 2.64. The molecule has 304 valence electrons. The molecule has 1 aliphatic heterocycles. The van der Waals surface area contributed by atoms with E-state index in [1.165, 1.54) is 43.9 Å². The van der Waals surface area contributed by atoms with E-state index in [0.29, 0.717) is 41.7 Å². The van der Waals surface area contributed by atoms with Gasteiger partial charge in [-0.2, -0.15) is 0 Å². The van der Waals surface area contributed by atoms with E-state index < -0.39 is 17.5 Å². The molecule has 0 bridgehead atoms. The lowest BCUT2D eigenvalue weighted by molar-refractivity contribution is -0.148. The number of benzene rings is 2. The Hall–Kier alpha value is -3.79. The number of rotatable bonds is 9. The van der Waals surface area contributed by atoms with Crippen LogP contribution in [0, 0.1) is 28.6 Å². The Kier molecular flexibility index (Phi) is 14.4. The fraction of sp³-hybridized carbons (Fsp3) is 0.565. The van der Waals surface area contributed by atoms with E-state index in [1.54, 1.807) is 0 Å². The second-order valence-corrected chi connectivity index (χ2v) is 17.4. The minimum atomic E-state index is -1.26. The zero-order valence-electron chi connectivity index (χ0n) is 33.7. The number of esters is 1. The van der Waals surface area contributed by atoms with E-state index in [1.807, 2.05) is 18.2 Å². The summed E-state index contributed by atoms with van der Waals surface area (Å²) < 4.78 is 12.0. The van der Waals surface area contributed by atoms with Gasteiger partial charge in [0.1, 0.15) is 17.5 Å². The molecule has 5 aliphatic rings. The smallest absolute Gasteiger partial charge is 0.328 e. The maximum Gasteiger partial charge on any atom is 0.328 e. The first-order valence-electron chi connectivity index (χ1n) is 20.3. The van der Waals surface area contributed by atoms with Crippen molar-refractivity contribution in [1.82, 2.24) is 4.90 Å². The molecule has 9 nitrogen and oxygen atoms in total. The second-order valence-electron chi connectivity index (χ2n) is 17.0. The Morgan fingerprint density at radius 2 is 1.54 bits per heavy atom. The van der Waals surface area contributed by atoms with Gasteiger partial charge in [0.15, 0.2) is 0 Å². The van der Waals surface area contributed by atoms with Crippen LogP contribution in [-0.4, -0.2) is 71.1 Å². The molecule has 0 amide bonds. The number of allylic oxidation sites excluding steroid dienone is 1. The maximum atomic E-state index is 12.4. The fourth-order valence-corrected chi connectivity index (χ4v) is 10.6.